The molecule has 4 rings (SSSR count). The van der Waals surface area contributed by atoms with Crippen LogP contribution < -0.4 is 4.74 Å². The molecule has 1 aliphatic carbocycles. The van der Waals surface area contributed by atoms with Gasteiger partial charge in [-0.3, -0.25) is 0 Å². The summed E-state index contributed by atoms with van der Waals surface area (Å²) in [5.41, 5.74) is 2.66. The molecule has 2 atom stereocenters. The van der Waals surface area contributed by atoms with Crippen LogP contribution in [0.25, 0.3) is 0 Å². The van der Waals surface area contributed by atoms with Crippen molar-refractivity contribution >= 4 is 11.9 Å². The minimum absolute atomic E-state index is 0.127. The van der Waals surface area contributed by atoms with Gasteiger partial charge >= 0.3 is 18.1 Å². The van der Waals surface area contributed by atoms with E-state index in [0.29, 0.717) is 11.1 Å². The quantitative estimate of drug-likeness (QED) is 0.381. The lowest BCUT2D eigenvalue weighted by atomic mass is 9.76. The van der Waals surface area contributed by atoms with Gasteiger partial charge in [0.2, 0.25) is 0 Å². The number of hydrogen-bond acceptors (Lipinski definition) is 4. The number of esters is 2. The summed E-state index contributed by atoms with van der Waals surface area (Å²) in [5, 5.41) is 0. The van der Waals surface area contributed by atoms with E-state index in [1.54, 1.807) is 13.0 Å². The average molecular weight is 416 g/mol. The molecule has 1 saturated heterocycles. The first-order chi connectivity index (χ1) is 14.1. The smallest absolute Gasteiger partial charge is 0.416 e. The molecule has 1 fully saturated rings. The van der Waals surface area contributed by atoms with Gasteiger partial charge in [0.25, 0.3) is 0 Å². The highest BCUT2D eigenvalue weighted by Gasteiger charge is 2.44. The molecule has 2 aliphatic rings. The molecule has 0 unspecified atom stereocenters. The molecule has 7 heteroatoms. The van der Waals surface area contributed by atoms with E-state index in [0.717, 1.165) is 41.7 Å². The van der Waals surface area contributed by atoms with Crippen molar-refractivity contribution in [2.45, 2.75) is 39.0 Å². The monoisotopic (exact) mass is 416 g/mol. The first kappa shape index (κ1) is 20.2. The molecule has 2 aromatic carbocycles. The number of carbonyl (C=O) groups is 2. The average Bonchev–Trinajstić information content (AvgIpc) is 2.99. The molecular weight excluding hydrogens is 397 g/mol. The second-order valence-corrected chi connectivity index (χ2v) is 7.67. The van der Waals surface area contributed by atoms with Gasteiger partial charge in [0, 0.05) is 17.1 Å². The zero-order valence-electron chi connectivity index (χ0n) is 16.4. The summed E-state index contributed by atoms with van der Waals surface area (Å²) in [6.07, 6.45) is -3.56. The summed E-state index contributed by atoms with van der Waals surface area (Å²) in [6, 6.07) is 5.80. The zero-order valence-corrected chi connectivity index (χ0v) is 16.4. The van der Waals surface area contributed by atoms with Crippen molar-refractivity contribution in [3.63, 3.8) is 0 Å². The number of alkyl halides is 3. The maximum Gasteiger partial charge on any atom is 0.416 e. The third kappa shape index (κ3) is 3.28. The molecule has 0 N–H and O–H groups in total. The minimum Gasteiger partial charge on any atom is -0.453 e. The minimum atomic E-state index is -4.56. The Hall–Kier alpha value is -3.09. The highest BCUT2D eigenvalue weighted by molar-refractivity contribution is 5.92. The second-order valence-electron chi connectivity index (χ2n) is 7.67. The summed E-state index contributed by atoms with van der Waals surface area (Å²) in [5.74, 6) is -1.20. The Morgan fingerprint density at radius 3 is 2.67 bits per heavy atom. The zero-order chi connectivity index (χ0) is 21.8. The van der Waals surface area contributed by atoms with Gasteiger partial charge in [0.05, 0.1) is 11.1 Å². The van der Waals surface area contributed by atoms with Crippen molar-refractivity contribution in [1.82, 2.24) is 0 Å². The topological polar surface area (TPSA) is 52.6 Å². The van der Waals surface area contributed by atoms with E-state index in [4.69, 9.17) is 9.47 Å². The van der Waals surface area contributed by atoms with E-state index in [9.17, 15) is 22.8 Å². The fourth-order valence-electron chi connectivity index (χ4n) is 4.26. The van der Waals surface area contributed by atoms with Gasteiger partial charge < -0.3 is 9.47 Å². The van der Waals surface area contributed by atoms with Crippen LogP contribution in [-0.2, 0) is 22.1 Å². The molecule has 0 aromatic heterocycles. The fourth-order valence-corrected chi connectivity index (χ4v) is 4.26. The molecule has 2 aromatic rings. The number of hydrogen-bond donors (Lipinski definition) is 0. The van der Waals surface area contributed by atoms with Crippen LogP contribution in [0.3, 0.4) is 0 Å². The summed E-state index contributed by atoms with van der Waals surface area (Å²) in [7, 11) is 0. The largest absolute Gasteiger partial charge is 0.453 e. The Labute approximate surface area is 171 Å². The molecule has 0 spiro atoms. The van der Waals surface area contributed by atoms with Gasteiger partial charge in [0.15, 0.2) is 0 Å². The van der Waals surface area contributed by atoms with Gasteiger partial charge in [0.1, 0.15) is 11.9 Å². The third-order valence-electron chi connectivity index (χ3n) is 5.85. The van der Waals surface area contributed by atoms with Gasteiger partial charge in [-0.05, 0) is 67.6 Å². The van der Waals surface area contributed by atoms with Crippen LogP contribution in [0, 0.1) is 19.8 Å². The highest BCUT2D eigenvalue weighted by atomic mass is 19.4. The van der Waals surface area contributed by atoms with E-state index >= 15 is 0 Å². The summed E-state index contributed by atoms with van der Waals surface area (Å²) in [6.45, 7) is 7.45. The lowest BCUT2D eigenvalue weighted by Gasteiger charge is -2.30. The Kier molecular flexibility index (Phi) is 4.71. The van der Waals surface area contributed by atoms with E-state index in [-0.39, 0.29) is 17.2 Å². The molecule has 0 amide bonds. The number of ether oxygens (including phenoxy) is 2. The van der Waals surface area contributed by atoms with Crippen LogP contribution in [-0.4, -0.2) is 11.9 Å². The number of fused-ring (bicyclic) bond motifs is 3. The van der Waals surface area contributed by atoms with Crippen molar-refractivity contribution in [2.24, 2.45) is 5.92 Å². The van der Waals surface area contributed by atoms with Crippen LogP contribution in [0.1, 0.15) is 50.7 Å². The van der Waals surface area contributed by atoms with Crippen LogP contribution >= 0.6 is 0 Å². The van der Waals surface area contributed by atoms with Gasteiger partial charge in [-0.2, -0.15) is 13.2 Å². The standard InChI is InChI=1S/C23H19F3O4/c1-11-9-18(29-22(28)14-5-4-6-15(10-14)23(24,25)26)13(3)19-16(11)7-8-17-12(2)21(27)30-20(17)19/h4-6,9-10,17,20H,2,7-8H2,1,3H3/t17-,20+/m0/s1. The SMILES string of the molecule is C=C1C(=O)O[C@H]2c3c(C)c(OC(=O)c4cccc(C(F)(F)F)c4)cc(C)c3CC[C@@H]12. The lowest BCUT2D eigenvalue weighted by Crippen LogP contribution is -2.21. The summed E-state index contributed by atoms with van der Waals surface area (Å²) >= 11 is 0. The first-order valence-electron chi connectivity index (χ1n) is 9.50. The van der Waals surface area contributed by atoms with Crippen molar-refractivity contribution in [3.05, 3.63) is 75.9 Å². The molecule has 1 heterocycles. The summed E-state index contributed by atoms with van der Waals surface area (Å²) in [4.78, 5) is 24.6. The number of rotatable bonds is 2. The summed E-state index contributed by atoms with van der Waals surface area (Å²) < 4.78 is 49.9. The fraction of sp³-hybridized carbons (Fsp3) is 0.304. The molecule has 0 saturated carbocycles. The first-order valence-corrected chi connectivity index (χ1v) is 9.50. The molecule has 1 aliphatic heterocycles. The number of aryl methyl sites for hydroxylation is 1. The Bertz CT molecular complexity index is 1080. The van der Waals surface area contributed by atoms with Crippen molar-refractivity contribution < 1.29 is 32.2 Å². The van der Waals surface area contributed by atoms with Crippen LogP contribution in [0.15, 0.2) is 42.5 Å². The van der Waals surface area contributed by atoms with Crippen LogP contribution in [0.2, 0.25) is 0 Å². The molecule has 0 radical (unpaired) electrons. The Morgan fingerprint density at radius 2 is 1.97 bits per heavy atom. The number of benzene rings is 2. The van der Waals surface area contributed by atoms with Gasteiger partial charge in [-0.15, -0.1) is 0 Å². The van der Waals surface area contributed by atoms with Crippen molar-refractivity contribution in [3.8, 4) is 5.75 Å². The Balaban J connectivity index is 1.69. The van der Waals surface area contributed by atoms with Crippen molar-refractivity contribution in [1.29, 1.82) is 0 Å². The number of halogens is 3. The van der Waals surface area contributed by atoms with E-state index in [2.05, 4.69) is 6.58 Å². The molecule has 156 valence electrons. The maximum absolute atomic E-state index is 13.0. The van der Waals surface area contributed by atoms with Crippen LogP contribution in [0.5, 0.6) is 5.75 Å². The third-order valence-corrected chi connectivity index (χ3v) is 5.85. The van der Waals surface area contributed by atoms with Crippen LogP contribution in [0.4, 0.5) is 13.2 Å². The highest BCUT2D eigenvalue weighted by Crippen LogP contribution is 2.49. The predicted octanol–water partition coefficient (Wildman–Crippen LogP) is 5.26. The van der Waals surface area contributed by atoms with Gasteiger partial charge in [-0.25, -0.2) is 9.59 Å². The van der Waals surface area contributed by atoms with E-state index in [1.165, 1.54) is 12.1 Å². The normalized spacial score (nSPS) is 20.4. The van der Waals surface area contributed by atoms with Crippen molar-refractivity contribution in [2.75, 3.05) is 0 Å². The molecule has 0 bridgehead atoms. The molecule has 4 nitrogen and oxygen atoms in total. The number of carbonyl (C=O) groups excluding carboxylic acids is 2. The predicted molar refractivity (Wildman–Crippen MR) is 102 cm³/mol. The van der Waals surface area contributed by atoms with E-state index in [1.807, 2.05) is 6.92 Å². The molecular formula is C23H19F3O4. The Morgan fingerprint density at radius 1 is 1.23 bits per heavy atom. The molecule has 30 heavy (non-hydrogen) atoms. The van der Waals surface area contributed by atoms with E-state index < -0.39 is 29.8 Å². The second kappa shape index (κ2) is 7.00. The van der Waals surface area contributed by atoms with Gasteiger partial charge in [-0.1, -0.05) is 12.6 Å². The lowest BCUT2D eigenvalue weighted by molar-refractivity contribution is -0.140. The maximum atomic E-state index is 13.0.